The van der Waals surface area contributed by atoms with Crippen molar-refractivity contribution in [3.8, 4) is 0 Å². The number of hydrogen-bond donors (Lipinski definition) is 1. The highest BCUT2D eigenvalue weighted by molar-refractivity contribution is 7.96. The monoisotopic (exact) mass is 681 g/mol. The lowest BCUT2D eigenvalue weighted by atomic mass is 10.1. The van der Waals surface area contributed by atoms with Gasteiger partial charge in [-0.05, 0) is 65.6 Å². The molecule has 2 heterocycles. The maximum Gasteiger partial charge on any atom is 0.347 e. The smallest absolute Gasteiger partial charge is 0.347 e. The lowest BCUT2D eigenvalue weighted by Gasteiger charge is -2.27. The number of carbonyl (C=O) groups excluding carboxylic acids is 5. The van der Waals surface area contributed by atoms with E-state index in [1.807, 2.05) is 6.92 Å². The Morgan fingerprint density at radius 1 is 0.909 bits per heavy atom. The summed E-state index contributed by atoms with van der Waals surface area (Å²) in [6.07, 6.45) is -5.01. The minimum atomic E-state index is -4.30. The van der Waals surface area contributed by atoms with Crippen LogP contribution in [-0.2, 0) is 62.6 Å². The summed E-state index contributed by atoms with van der Waals surface area (Å²) in [6, 6.07) is 0.896. The second-order valence-corrected chi connectivity index (χ2v) is 16.2. The molecule has 1 aliphatic rings. The maximum atomic E-state index is 13.1. The van der Waals surface area contributed by atoms with Crippen molar-refractivity contribution in [3.63, 3.8) is 0 Å². The number of fused-ring (bicyclic) bond motifs is 1. The Balaban J connectivity index is 1.99. The summed E-state index contributed by atoms with van der Waals surface area (Å²) in [5.41, 5.74) is 0.336. The molecule has 1 aromatic heterocycles. The molecule has 0 unspecified atom stereocenters. The van der Waals surface area contributed by atoms with Crippen molar-refractivity contribution in [3.05, 3.63) is 11.6 Å². The fourth-order valence-electron chi connectivity index (χ4n) is 4.05. The zero-order valence-electron chi connectivity index (χ0n) is 25.6. The van der Waals surface area contributed by atoms with Gasteiger partial charge in [-0.2, -0.15) is 0 Å². The van der Waals surface area contributed by atoms with E-state index < -0.39 is 84.8 Å². The third-order valence-electron chi connectivity index (χ3n) is 6.61. The zero-order chi connectivity index (χ0) is 33.6. The molecule has 1 N–H and O–H groups in total. The quantitative estimate of drug-likeness (QED) is 0.207. The van der Waals surface area contributed by atoms with Crippen LogP contribution in [-0.4, -0.2) is 88.5 Å². The lowest BCUT2D eigenvalue weighted by Crippen LogP contribution is -2.38. The first-order valence-electron chi connectivity index (χ1n) is 14.0. The van der Waals surface area contributed by atoms with Crippen molar-refractivity contribution in [2.75, 3.05) is 12.3 Å². The Kier molecular flexibility index (Phi) is 13.1. The molecule has 0 bridgehead atoms. The van der Waals surface area contributed by atoms with E-state index >= 15 is 0 Å². The molecule has 1 aliphatic heterocycles. The Bertz CT molecular complexity index is 1470. The van der Waals surface area contributed by atoms with Gasteiger partial charge in [0.15, 0.2) is 49.9 Å². The van der Waals surface area contributed by atoms with Crippen molar-refractivity contribution in [2.45, 2.75) is 112 Å². The van der Waals surface area contributed by atoms with E-state index in [-0.39, 0.29) is 27.3 Å². The van der Waals surface area contributed by atoms with E-state index in [1.165, 1.54) is 19.9 Å². The molecule has 0 saturated carbocycles. The average molecular weight is 682 g/mol. The van der Waals surface area contributed by atoms with Crippen LogP contribution in [0.2, 0.25) is 0 Å². The van der Waals surface area contributed by atoms with Crippen LogP contribution in [0.25, 0.3) is 0 Å². The largest absolute Gasteiger partial charge is 0.452 e. The molecule has 0 amide bonds. The number of rotatable bonds is 15. The van der Waals surface area contributed by atoms with Gasteiger partial charge in [-0.15, -0.1) is 11.3 Å². The predicted molar refractivity (Wildman–Crippen MR) is 156 cm³/mol. The fraction of sp³-hybridized carbons (Fsp3) is 0.667. The van der Waals surface area contributed by atoms with Crippen LogP contribution < -0.4 is 5.32 Å². The fourth-order valence-corrected chi connectivity index (χ4v) is 9.45. The molecule has 14 nitrogen and oxygen atoms in total. The lowest BCUT2D eigenvalue weighted by molar-refractivity contribution is -0.183. The SMILES string of the molecule is CCCC(=O)O[C@@H](C)C(=O)O[C@@H](C)C(=O)O[C@@H](C)C(=O)O[C@@H](C)C(=O)CS(=O)(=O)c1cc2c(s1)S(=O)(=O)[C@@H](C)C[C@@H]2NCC. The minimum absolute atomic E-state index is 0.0600. The van der Waals surface area contributed by atoms with Gasteiger partial charge in [0, 0.05) is 12.5 Å². The molecule has 1 aromatic rings. The summed E-state index contributed by atoms with van der Waals surface area (Å²) >= 11 is 0.581. The van der Waals surface area contributed by atoms with E-state index in [4.69, 9.17) is 18.9 Å². The van der Waals surface area contributed by atoms with Gasteiger partial charge in [0.25, 0.3) is 0 Å². The topological polar surface area (TPSA) is 203 Å². The van der Waals surface area contributed by atoms with Gasteiger partial charge in [0.1, 0.15) is 14.2 Å². The summed E-state index contributed by atoms with van der Waals surface area (Å²) < 4.78 is 71.3. The van der Waals surface area contributed by atoms with Gasteiger partial charge >= 0.3 is 23.9 Å². The summed E-state index contributed by atoms with van der Waals surface area (Å²) in [5, 5.41) is 2.43. The van der Waals surface area contributed by atoms with E-state index in [9.17, 15) is 40.8 Å². The van der Waals surface area contributed by atoms with E-state index in [2.05, 4.69) is 5.32 Å². The predicted octanol–water partition coefficient (Wildman–Crippen LogP) is 1.83. The molecule has 0 saturated heterocycles. The number of ketones is 1. The van der Waals surface area contributed by atoms with E-state index in [1.54, 1.807) is 13.8 Å². The second-order valence-electron chi connectivity index (χ2n) is 10.4. The molecule has 2 rings (SSSR count). The van der Waals surface area contributed by atoms with Gasteiger partial charge in [-0.1, -0.05) is 13.8 Å². The molecule has 44 heavy (non-hydrogen) atoms. The van der Waals surface area contributed by atoms with Crippen LogP contribution in [0.1, 0.15) is 79.3 Å². The Morgan fingerprint density at radius 3 is 1.91 bits per heavy atom. The summed E-state index contributed by atoms with van der Waals surface area (Å²) in [7, 11) is -8.05. The van der Waals surface area contributed by atoms with Crippen molar-refractivity contribution in [2.24, 2.45) is 0 Å². The highest BCUT2D eigenvalue weighted by Crippen LogP contribution is 2.43. The summed E-state index contributed by atoms with van der Waals surface area (Å²) in [4.78, 5) is 61.1. The van der Waals surface area contributed by atoms with Gasteiger partial charge in [-0.3, -0.25) is 9.59 Å². The molecule has 0 aromatic carbocycles. The molecular weight excluding hydrogens is 642 g/mol. The van der Waals surface area contributed by atoms with Crippen molar-refractivity contribution < 1.29 is 59.8 Å². The summed E-state index contributed by atoms with van der Waals surface area (Å²) in [5.74, 6) is -5.97. The third-order valence-corrected chi connectivity index (χ3v) is 12.7. The molecular formula is C27H39NO13S3. The van der Waals surface area contributed by atoms with Gasteiger partial charge in [0.2, 0.25) is 0 Å². The number of Topliss-reactive ketones (excluding diaryl/α,β-unsaturated/α-hetero) is 1. The molecule has 0 radical (unpaired) electrons. The molecule has 248 valence electrons. The van der Waals surface area contributed by atoms with E-state index in [0.29, 0.717) is 29.9 Å². The van der Waals surface area contributed by atoms with Crippen LogP contribution in [0.5, 0.6) is 0 Å². The Labute approximate surface area is 261 Å². The molecule has 6 atom stereocenters. The Morgan fingerprint density at radius 2 is 1.41 bits per heavy atom. The number of sulfone groups is 2. The second kappa shape index (κ2) is 15.4. The third kappa shape index (κ3) is 9.31. The van der Waals surface area contributed by atoms with Crippen molar-refractivity contribution in [1.29, 1.82) is 0 Å². The molecule has 17 heteroatoms. The van der Waals surface area contributed by atoms with Crippen LogP contribution in [0.4, 0.5) is 0 Å². The normalized spacial score (nSPS) is 20.2. The molecule has 0 spiro atoms. The van der Waals surface area contributed by atoms with Crippen LogP contribution in [0, 0.1) is 0 Å². The van der Waals surface area contributed by atoms with Crippen LogP contribution in [0.3, 0.4) is 0 Å². The molecule has 0 aliphatic carbocycles. The van der Waals surface area contributed by atoms with Crippen LogP contribution >= 0.6 is 11.3 Å². The average Bonchev–Trinajstić information content (AvgIpc) is 3.40. The minimum Gasteiger partial charge on any atom is -0.452 e. The number of carbonyl (C=O) groups is 5. The van der Waals surface area contributed by atoms with Crippen molar-refractivity contribution in [1.82, 2.24) is 5.32 Å². The highest BCUT2D eigenvalue weighted by Gasteiger charge is 2.40. The van der Waals surface area contributed by atoms with Crippen LogP contribution in [0.15, 0.2) is 14.5 Å². The standard InChI is InChI=1S/C27H39NO13S3/c1-8-10-22(30)38-16(5)24(31)40-18(7)26(33)41-17(6)25(32)39-15(4)21(29)13-43(34,35)23-12-19-20(28-9-2)11-14(3)44(36,37)27(19)42-23/h12,14-18,20,28H,8-11,13H2,1-7H3/t14-,15-,16-,17-,18-,20-/m0/s1. The number of ether oxygens (including phenoxy) is 4. The first-order chi connectivity index (χ1) is 20.3. The number of nitrogens with one attached hydrogen (secondary N) is 1. The van der Waals surface area contributed by atoms with Gasteiger partial charge in [0.05, 0.1) is 5.25 Å². The Hall–Kier alpha value is -2.89. The molecule has 0 fully saturated rings. The zero-order valence-corrected chi connectivity index (χ0v) is 28.1. The number of hydrogen-bond acceptors (Lipinski definition) is 15. The van der Waals surface area contributed by atoms with Crippen molar-refractivity contribution >= 4 is 60.7 Å². The first-order valence-corrected chi connectivity index (χ1v) is 18.0. The number of esters is 4. The first kappa shape index (κ1) is 37.3. The summed E-state index contributed by atoms with van der Waals surface area (Å²) in [6.45, 7) is 10.4. The highest BCUT2D eigenvalue weighted by atomic mass is 32.3. The van der Waals surface area contributed by atoms with E-state index in [0.717, 1.165) is 13.8 Å². The van der Waals surface area contributed by atoms with Gasteiger partial charge in [-0.25, -0.2) is 31.2 Å². The number of thiophene rings is 1. The maximum absolute atomic E-state index is 13.1. The van der Waals surface area contributed by atoms with Gasteiger partial charge < -0.3 is 24.3 Å².